The second kappa shape index (κ2) is 9.16. The Balaban J connectivity index is 1.64. The molecule has 1 saturated heterocycles. The molecule has 1 atom stereocenters. The maximum atomic E-state index is 13.1. The molecule has 0 bridgehead atoms. The molecule has 1 unspecified atom stereocenters. The minimum atomic E-state index is -0.748. The van der Waals surface area contributed by atoms with Crippen molar-refractivity contribution in [1.82, 2.24) is 4.98 Å². The molecule has 6 nitrogen and oxygen atoms in total. The molecule has 1 aromatic heterocycles. The first-order chi connectivity index (χ1) is 16.0. The van der Waals surface area contributed by atoms with Gasteiger partial charge in [0.1, 0.15) is 23.4 Å². The van der Waals surface area contributed by atoms with Gasteiger partial charge in [-0.1, -0.05) is 13.8 Å². The van der Waals surface area contributed by atoms with Gasteiger partial charge in [-0.05, 0) is 80.1 Å². The summed E-state index contributed by atoms with van der Waals surface area (Å²) in [6, 6.07) is 17.3. The summed E-state index contributed by atoms with van der Waals surface area (Å²) in [6.45, 7) is 7.81. The molecular weight excluding hydrogens is 435 g/mol. The third-order valence-corrected chi connectivity index (χ3v) is 5.77. The highest BCUT2D eigenvalue weighted by molar-refractivity contribution is 5.80. The van der Waals surface area contributed by atoms with Gasteiger partial charge in [0, 0.05) is 23.1 Å². The summed E-state index contributed by atoms with van der Waals surface area (Å²) in [4.78, 5) is 16.7. The van der Waals surface area contributed by atoms with Crippen molar-refractivity contribution in [1.29, 1.82) is 0 Å². The molecule has 4 rings (SSSR count). The van der Waals surface area contributed by atoms with Crippen LogP contribution in [0.3, 0.4) is 0 Å². The van der Waals surface area contributed by atoms with Gasteiger partial charge in [-0.3, -0.25) is 9.78 Å². The van der Waals surface area contributed by atoms with Gasteiger partial charge in [0.05, 0.1) is 12.3 Å². The highest BCUT2D eigenvalue weighted by Crippen LogP contribution is 2.35. The fourth-order valence-electron chi connectivity index (χ4n) is 3.76. The number of aromatic nitrogens is 1. The van der Waals surface area contributed by atoms with E-state index in [-0.39, 0.29) is 17.8 Å². The summed E-state index contributed by atoms with van der Waals surface area (Å²) in [6.07, 6.45) is 0.152. The van der Waals surface area contributed by atoms with Crippen LogP contribution in [0.4, 0.5) is 4.39 Å². The first kappa shape index (κ1) is 23.9. The van der Waals surface area contributed by atoms with Crippen molar-refractivity contribution in [2.45, 2.75) is 46.0 Å². The first-order valence-electron chi connectivity index (χ1n) is 11.2. The van der Waals surface area contributed by atoms with E-state index in [1.807, 2.05) is 64.1 Å². The number of halogens is 1. The molecule has 0 spiro atoms. The molecule has 1 amide bonds. The van der Waals surface area contributed by atoms with Crippen LogP contribution in [0.2, 0.25) is 0 Å². The van der Waals surface area contributed by atoms with Gasteiger partial charge in [-0.15, -0.1) is 0 Å². The molecule has 1 fully saturated rings. The van der Waals surface area contributed by atoms with E-state index >= 15 is 0 Å². The van der Waals surface area contributed by atoms with E-state index in [4.69, 9.17) is 24.9 Å². The van der Waals surface area contributed by atoms with Crippen LogP contribution in [0.5, 0.6) is 11.5 Å². The maximum absolute atomic E-state index is 13.1. The number of hydrogen-bond acceptors (Lipinski definition) is 5. The van der Waals surface area contributed by atoms with Crippen LogP contribution in [0.1, 0.15) is 45.1 Å². The second-order valence-corrected chi connectivity index (χ2v) is 9.60. The van der Waals surface area contributed by atoms with Gasteiger partial charge >= 0.3 is 0 Å². The third-order valence-electron chi connectivity index (χ3n) is 5.77. The van der Waals surface area contributed by atoms with E-state index in [0.29, 0.717) is 24.5 Å². The van der Waals surface area contributed by atoms with Gasteiger partial charge in [0.2, 0.25) is 5.91 Å². The molecule has 178 valence electrons. The first-order valence-corrected chi connectivity index (χ1v) is 11.2. The molecule has 0 saturated carbocycles. The normalized spacial score (nSPS) is 17.5. The monoisotopic (exact) mass is 464 g/mol. The van der Waals surface area contributed by atoms with E-state index in [2.05, 4.69) is 0 Å². The maximum Gasteiger partial charge on any atom is 0.223 e. The Morgan fingerprint density at radius 1 is 1.12 bits per heavy atom. The molecule has 7 heteroatoms. The van der Waals surface area contributed by atoms with Crippen molar-refractivity contribution in [3.8, 4) is 22.8 Å². The average molecular weight is 465 g/mol. The van der Waals surface area contributed by atoms with Crippen molar-refractivity contribution in [2.24, 2.45) is 11.1 Å². The lowest BCUT2D eigenvalue weighted by Gasteiger charge is -2.22. The van der Waals surface area contributed by atoms with Crippen LogP contribution in [0.25, 0.3) is 11.3 Å². The molecule has 0 radical (unpaired) electrons. The van der Waals surface area contributed by atoms with E-state index in [1.165, 1.54) is 12.1 Å². The fraction of sp³-hybridized carbons (Fsp3) is 0.333. The average Bonchev–Trinajstić information content (AvgIpc) is 3.15. The van der Waals surface area contributed by atoms with Crippen molar-refractivity contribution in [3.63, 3.8) is 0 Å². The third kappa shape index (κ3) is 5.61. The number of pyridine rings is 1. The number of benzene rings is 2. The fourth-order valence-corrected chi connectivity index (χ4v) is 3.76. The summed E-state index contributed by atoms with van der Waals surface area (Å²) < 4.78 is 30.7. The topological polar surface area (TPSA) is 83.7 Å². The Kier molecular flexibility index (Phi) is 6.43. The zero-order valence-electron chi connectivity index (χ0n) is 19.8. The zero-order valence-corrected chi connectivity index (χ0v) is 19.8. The van der Waals surface area contributed by atoms with Crippen molar-refractivity contribution >= 4 is 5.91 Å². The van der Waals surface area contributed by atoms with Gasteiger partial charge in [-0.2, -0.15) is 0 Å². The molecule has 2 N–H and O–H groups in total. The predicted molar refractivity (Wildman–Crippen MR) is 127 cm³/mol. The standard InChI is InChI=1S/C27H29FN2O4/c1-26(2,25(29)31)15-20-13-18(24-16-32-27(3,4)34-24)14-23(30-20)17-5-9-21(10-6-17)33-22-11-7-19(28)8-12-22/h5-14,24H,15-16H2,1-4H3,(H2,29,31). The number of amides is 1. The number of hydrogen-bond donors (Lipinski definition) is 1. The molecule has 1 aliphatic heterocycles. The van der Waals surface area contributed by atoms with Gasteiger partial charge in [0.25, 0.3) is 0 Å². The largest absolute Gasteiger partial charge is 0.457 e. The summed E-state index contributed by atoms with van der Waals surface area (Å²) in [5, 5.41) is 0. The number of nitrogens with two attached hydrogens (primary N) is 1. The van der Waals surface area contributed by atoms with Crippen LogP contribution in [-0.2, 0) is 20.7 Å². The summed E-state index contributed by atoms with van der Waals surface area (Å²) >= 11 is 0. The van der Waals surface area contributed by atoms with Gasteiger partial charge < -0.3 is 19.9 Å². The Bertz CT molecular complexity index is 1170. The summed E-state index contributed by atoms with van der Waals surface area (Å²) in [5.74, 6) is -0.198. The second-order valence-electron chi connectivity index (χ2n) is 9.60. The highest BCUT2D eigenvalue weighted by Gasteiger charge is 2.34. The van der Waals surface area contributed by atoms with Crippen molar-refractivity contribution in [2.75, 3.05) is 6.61 Å². The Labute approximate surface area is 198 Å². The number of primary amides is 1. The van der Waals surface area contributed by atoms with E-state index in [1.54, 1.807) is 12.1 Å². The molecule has 2 aromatic carbocycles. The highest BCUT2D eigenvalue weighted by atomic mass is 19.1. The summed E-state index contributed by atoms with van der Waals surface area (Å²) in [7, 11) is 0. The van der Waals surface area contributed by atoms with Crippen LogP contribution in [0.15, 0.2) is 60.7 Å². The SMILES string of the molecule is CC1(C)OCC(c2cc(CC(C)(C)C(N)=O)nc(-c3ccc(Oc4ccc(F)cc4)cc3)c2)O1. The summed E-state index contributed by atoms with van der Waals surface area (Å²) in [5.41, 5.74) is 8.16. The van der Waals surface area contributed by atoms with E-state index in [0.717, 1.165) is 22.5 Å². The molecule has 1 aliphatic rings. The number of carbonyl (C=O) groups is 1. The van der Waals surface area contributed by atoms with Crippen molar-refractivity contribution in [3.05, 3.63) is 77.7 Å². The predicted octanol–water partition coefficient (Wildman–Crippen LogP) is 5.56. The van der Waals surface area contributed by atoms with Crippen LogP contribution < -0.4 is 10.5 Å². The molecule has 2 heterocycles. The van der Waals surface area contributed by atoms with Gasteiger partial charge in [-0.25, -0.2) is 4.39 Å². The van der Waals surface area contributed by atoms with Gasteiger partial charge in [0.15, 0.2) is 5.79 Å². The number of ether oxygens (including phenoxy) is 3. The van der Waals surface area contributed by atoms with Crippen molar-refractivity contribution < 1.29 is 23.4 Å². The minimum absolute atomic E-state index is 0.242. The molecule has 0 aliphatic carbocycles. The lowest BCUT2D eigenvalue weighted by molar-refractivity contribution is -0.139. The lowest BCUT2D eigenvalue weighted by Crippen LogP contribution is -2.33. The number of rotatable bonds is 7. The Morgan fingerprint density at radius 2 is 1.74 bits per heavy atom. The van der Waals surface area contributed by atoms with Crippen LogP contribution in [-0.4, -0.2) is 23.3 Å². The van der Waals surface area contributed by atoms with E-state index in [9.17, 15) is 9.18 Å². The minimum Gasteiger partial charge on any atom is -0.457 e. The number of carbonyl (C=O) groups excluding carboxylic acids is 1. The van der Waals surface area contributed by atoms with E-state index < -0.39 is 11.2 Å². The molecule has 3 aromatic rings. The van der Waals surface area contributed by atoms with Crippen LogP contribution in [0, 0.1) is 11.2 Å². The Hall–Kier alpha value is -3.29. The molecular formula is C27H29FN2O4. The quantitative estimate of drug-likeness (QED) is 0.495. The Morgan fingerprint density at radius 3 is 2.29 bits per heavy atom. The molecule has 34 heavy (non-hydrogen) atoms. The number of nitrogens with zero attached hydrogens (tertiary/aromatic N) is 1. The smallest absolute Gasteiger partial charge is 0.223 e. The zero-order chi connectivity index (χ0) is 24.5. The lowest BCUT2D eigenvalue weighted by atomic mass is 9.86. The van der Waals surface area contributed by atoms with Crippen LogP contribution >= 0.6 is 0 Å².